The number of carbonyl (C=O) groups excluding carboxylic acids is 1. The van der Waals surface area contributed by atoms with Crippen molar-refractivity contribution >= 4 is 34.6 Å². The second-order valence-corrected chi connectivity index (χ2v) is 7.58. The van der Waals surface area contributed by atoms with Crippen molar-refractivity contribution in [1.82, 2.24) is 24.8 Å². The van der Waals surface area contributed by atoms with Gasteiger partial charge in [-0.3, -0.25) is 9.69 Å². The minimum Gasteiger partial charge on any atom is -0.354 e. The van der Waals surface area contributed by atoms with Crippen molar-refractivity contribution in [2.24, 2.45) is 5.73 Å². The predicted molar refractivity (Wildman–Crippen MR) is 102 cm³/mol. The lowest BCUT2D eigenvalue weighted by Crippen LogP contribution is -2.46. The lowest BCUT2D eigenvalue weighted by Gasteiger charge is -2.35. The molecule has 1 aliphatic heterocycles. The highest BCUT2D eigenvalue weighted by Crippen LogP contribution is 2.23. The van der Waals surface area contributed by atoms with Gasteiger partial charge in [-0.1, -0.05) is 17.8 Å². The first-order chi connectivity index (χ1) is 11.6. The zero-order valence-electron chi connectivity index (χ0n) is 14.8. The Kier molecular flexibility index (Phi) is 7.18. The number of amides is 1. The molecule has 1 aliphatic rings. The fourth-order valence-corrected chi connectivity index (χ4v) is 4.12. The maximum absolute atomic E-state index is 11.7. The van der Waals surface area contributed by atoms with Crippen molar-refractivity contribution in [2.75, 3.05) is 19.6 Å². The van der Waals surface area contributed by atoms with E-state index < -0.39 is 0 Å². The number of aryl methyl sites for hydroxylation is 2. The van der Waals surface area contributed by atoms with Crippen LogP contribution in [0.5, 0.6) is 0 Å². The van der Waals surface area contributed by atoms with Gasteiger partial charge in [0.15, 0.2) is 0 Å². The number of rotatable bonds is 6. The molecular weight excluding hydrogens is 360 g/mol. The van der Waals surface area contributed by atoms with E-state index in [9.17, 15) is 4.79 Å². The monoisotopic (exact) mass is 386 g/mol. The molecule has 2 aromatic rings. The molecule has 0 bridgehead atoms. The number of nitrogens with zero attached hydrogens (tertiary/aromatic N) is 4. The van der Waals surface area contributed by atoms with Gasteiger partial charge in [0, 0.05) is 32.1 Å². The number of carbonyl (C=O) groups is 1. The quantitative estimate of drug-likeness (QED) is 0.788. The van der Waals surface area contributed by atoms with E-state index in [1.54, 1.807) is 11.3 Å². The minimum absolute atomic E-state index is 0. The summed E-state index contributed by atoms with van der Waals surface area (Å²) >= 11 is 1.62. The molecule has 9 heteroatoms. The molecule has 3 N–H and O–H groups in total. The fourth-order valence-electron chi connectivity index (χ4n) is 3.31. The van der Waals surface area contributed by atoms with E-state index in [1.165, 1.54) is 12.8 Å². The summed E-state index contributed by atoms with van der Waals surface area (Å²) in [5, 5.41) is 8.64. The SMILES string of the molecule is Cc1nn2c(CN3CCCCC3CNC(=O)CCN)c(C)nc2s1.Cl. The van der Waals surface area contributed by atoms with E-state index in [0.29, 0.717) is 25.6 Å². The third kappa shape index (κ3) is 4.69. The highest BCUT2D eigenvalue weighted by atomic mass is 35.5. The molecule has 3 rings (SSSR count). The molecule has 0 spiro atoms. The number of nitrogens with one attached hydrogen (secondary N) is 1. The van der Waals surface area contributed by atoms with Gasteiger partial charge in [0.1, 0.15) is 5.01 Å². The number of halogens is 1. The normalized spacial score (nSPS) is 18.3. The maximum atomic E-state index is 11.7. The lowest BCUT2D eigenvalue weighted by atomic mass is 10.0. The molecule has 140 valence electrons. The molecule has 0 aromatic carbocycles. The molecule has 0 saturated carbocycles. The number of piperidine rings is 1. The molecule has 2 aromatic heterocycles. The van der Waals surface area contributed by atoms with E-state index in [2.05, 4.69) is 20.3 Å². The van der Waals surface area contributed by atoms with Crippen molar-refractivity contribution in [3.8, 4) is 0 Å². The van der Waals surface area contributed by atoms with Crippen LogP contribution in [0.2, 0.25) is 0 Å². The van der Waals surface area contributed by atoms with Crippen molar-refractivity contribution in [3.05, 3.63) is 16.4 Å². The van der Waals surface area contributed by atoms with Crippen molar-refractivity contribution < 1.29 is 4.79 Å². The van der Waals surface area contributed by atoms with Gasteiger partial charge in [0.05, 0.1) is 11.4 Å². The summed E-state index contributed by atoms with van der Waals surface area (Å²) in [7, 11) is 0. The van der Waals surface area contributed by atoms with E-state index in [1.807, 2.05) is 18.4 Å². The summed E-state index contributed by atoms with van der Waals surface area (Å²) in [6.07, 6.45) is 3.92. The molecule has 1 amide bonds. The number of imidazole rings is 1. The van der Waals surface area contributed by atoms with E-state index >= 15 is 0 Å². The summed E-state index contributed by atoms with van der Waals surface area (Å²) in [4.78, 5) is 19.8. The number of hydrogen-bond donors (Lipinski definition) is 2. The van der Waals surface area contributed by atoms with Gasteiger partial charge in [-0.2, -0.15) is 5.10 Å². The second-order valence-electron chi connectivity index (χ2n) is 6.42. The second kappa shape index (κ2) is 8.93. The Balaban J connectivity index is 0.00000225. The summed E-state index contributed by atoms with van der Waals surface area (Å²) in [6, 6.07) is 0.366. The Morgan fingerprint density at radius 1 is 1.40 bits per heavy atom. The zero-order chi connectivity index (χ0) is 17.1. The van der Waals surface area contributed by atoms with Crippen LogP contribution in [0.3, 0.4) is 0 Å². The van der Waals surface area contributed by atoms with Gasteiger partial charge in [-0.05, 0) is 33.2 Å². The molecule has 0 radical (unpaired) electrons. The van der Waals surface area contributed by atoms with E-state index in [-0.39, 0.29) is 18.3 Å². The van der Waals surface area contributed by atoms with Crippen molar-refractivity contribution in [2.45, 2.75) is 52.1 Å². The Morgan fingerprint density at radius 3 is 2.96 bits per heavy atom. The Bertz CT molecular complexity index is 715. The van der Waals surface area contributed by atoms with E-state index in [0.717, 1.165) is 40.9 Å². The first-order valence-electron chi connectivity index (χ1n) is 8.61. The highest BCUT2D eigenvalue weighted by molar-refractivity contribution is 7.16. The third-order valence-corrected chi connectivity index (χ3v) is 5.43. The molecule has 3 heterocycles. The summed E-state index contributed by atoms with van der Waals surface area (Å²) in [5.74, 6) is 0.0427. The van der Waals surface area contributed by atoms with Gasteiger partial charge in [0.2, 0.25) is 10.9 Å². The summed E-state index contributed by atoms with van der Waals surface area (Å²) < 4.78 is 1.98. The van der Waals surface area contributed by atoms with Crippen LogP contribution in [0.15, 0.2) is 0 Å². The van der Waals surface area contributed by atoms with Gasteiger partial charge in [0.25, 0.3) is 0 Å². The summed E-state index contributed by atoms with van der Waals surface area (Å²) in [6.45, 7) is 7.02. The van der Waals surface area contributed by atoms with Gasteiger partial charge < -0.3 is 11.1 Å². The number of aromatic nitrogens is 3. The fraction of sp³-hybridized carbons (Fsp3) is 0.688. The molecular formula is C16H27ClN6OS. The largest absolute Gasteiger partial charge is 0.354 e. The Hall–Kier alpha value is -1.22. The number of hydrogen-bond acceptors (Lipinski definition) is 6. The van der Waals surface area contributed by atoms with Crippen LogP contribution in [0.25, 0.3) is 4.96 Å². The minimum atomic E-state index is 0. The molecule has 1 atom stereocenters. The highest BCUT2D eigenvalue weighted by Gasteiger charge is 2.25. The van der Waals surface area contributed by atoms with Crippen LogP contribution < -0.4 is 11.1 Å². The lowest BCUT2D eigenvalue weighted by molar-refractivity contribution is -0.121. The Labute approximate surface area is 158 Å². The first-order valence-corrected chi connectivity index (χ1v) is 9.42. The van der Waals surface area contributed by atoms with Crippen LogP contribution in [0.4, 0.5) is 0 Å². The molecule has 25 heavy (non-hydrogen) atoms. The van der Waals surface area contributed by atoms with Crippen molar-refractivity contribution in [3.63, 3.8) is 0 Å². The van der Waals surface area contributed by atoms with E-state index in [4.69, 9.17) is 5.73 Å². The number of nitrogens with two attached hydrogens (primary N) is 1. The molecule has 7 nitrogen and oxygen atoms in total. The molecule has 1 saturated heterocycles. The maximum Gasteiger partial charge on any atom is 0.221 e. The van der Waals surface area contributed by atoms with Gasteiger partial charge in [-0.15, -0.1) is 12.4 Å². The zero-order valence-corrected chi connectivity index (χ0v) is 16.5. The van der Waals surface area contributed by atoms with Crippen LogP contribution in [-0.4, -0.2) is 51.1 Å². The molecule has 1 fully saturated rings. The third-order valence-electron chi connectivity index (χ3n) is 4.61. The topological polar surface area (TPSA) is 88.5 Å². The molecule has 0 aliphatic carbocycles. The molecule has 1 unspecified atom stereocenters. The summed E-state index contributed by atoms with van der Waals surface area (Å²) in [5.41, 5.74) is 7.65. The first kappa shape index (κ1) is 20.1. The predicted octanol–water partition coefficient (Wildman–Crippen LogP) is 1.65. The average Bonchev–Trinajstić information content (AvgIpc) is 3.03. The van der Waals surface area contributed by atoms with Gasteiger partial charge >= 0.3 is 0 Å². The number of fused-ring (bicyclic) bond motifs is 1. The smallest absolute Gasteiger partial charge is 0.221 e. The number of likely N-dealkylation sites (tertiary alicyclic amines) is 1. The Morgan fingerprint density at radius 2 is 2.20 bits per heavy atom. The van der Waals surface area contributed by atoms with Crippen molar-refractivity contribution in [1.29, 1.82) is 0 Å². The van der Waals surface area contributed by atoms with Crippen LogP contribution in [0, 0.1) is 13.8 Å². The van der Waals surface area contributed by atoms with Crippen LogP contribution in [0.1, 0.15) is 42.1 Å². The standard InChI is InChI=1S/C16H26N6OS.ClH/c1-11-14(22-16(19-11)24-12(2)20-22)10-21-8-4-3-5-13(21)9-18-15(23)6-7-17;/h13H,3-10,17H2,1-2H3,(H,18,23);1H. The van der Waals surface area contributed by atoms with Gasteiger partial charge in [-0.25, -0.2) is 9.50 Å². The van der Waals surface area contributed by atoms with Crippen LogP contribution >= 0.6 is 23.7 Å². The van der Waals surface area contributed by atoms with Crippen LogP contribution in [-0.2, 0) is 11.3 Å². The average molecular weight is 387 g/mol.